The average Bonchev–Trinajstić information content (AvgIpc) is 3.34. The molecule has 0 spiro atoms. The van der Waals surface area contributed by atoms with Crippen molar-refractivity contribution in [3.05, 3.63) is 78.9 Å². The van der Waals surface area contributed by atoms with Crippen LogP contribution in [0.3, 0.4) is 0 Å². The first kappa shape index (κ1) is 30.3. The zero-order valence-electron chi connectivity index (χ0n) is 22.9. The van der Waals surface area contributed by atoms with E-state index in [-0.39, 0.29) is 36.0 Å². The number of carboxylic acids is 1. The molecule has 198 valence electrons. The van der Waals surface area contributed by atoms with Crippen LogP contribution in [0.2, 0.25) is 0 Å². The molecule has 0 atom stereocenters. The van der Waals surface area contributed by atoms with E-state index in [4.69, 9.17) is 19.2 Å². The molecule has 0 radical (unpaired) electrons. The standard InChI is InChI=1S/C31H34N2O5.Na/c1-36-26-20-19-25(22-27(26)37-2)33-30(24-16-10-7-11-17-24)29(23-14-8-6-9-15-23)32-31(33)38-21-13-5-3-4-12-18-28(34)35;/h6-11,14-17,19-20,22H,3-5,12-13,18,21H2,1-2H3,(H,34,35);/q;+1/p-1. The molecule has 0 saturated heterocycles. The number of hydrogen-bond acceptors (Lipinski definition) is 6. The fourth-order valence-corrected chi connectivity index (χ4v) is 4.42. The summed E-state index contributed by atoms with van der Waals surface area (Å²) in [6, 6.07) is 26.5. The maximum absolute atomic E-state index is 10.6. The molecule has 0 aliphatic heterocycles. The van der Waals surface area contributed by atoms with Gasteiger partial charge in [-0.15, -0.1) is 0 Å². The Hall–Kier alpha value is -3.26. The van der Waals surface area contributed by atoms with Crippen LogP contribution in [0.1, 0.15) is 38.5 Å². The van der Waals surface area contributed by atoms with Crippen LogP contribution < -0.4 is 48.9 Å². The largest absolute Gasteiger partial charge is 1.00 e. The molecule has 0 amide bonds. The number of aliphatic carboxylic acids is 1. The van der Waals surface area contributed by atoms with Gasteiger partial charge in [0.05, 0.1) is 32.2 Å². The minimum atomic E-state index is -0.987. The number of hydrogen-bond donors (Lipinski definition) is 0. The van der Waals surface area contributed by atoms with E-state index in [2.05, 4.69) is 12.1 Å². The van der Waals surface area contributed by atoms with Crippen LogP contribution in [0.4, 0.5) is 0 Å². The molecule has 0 bridgehead atoms. The normalized spacial score (nSPS) is 10.5. The van der Waals surface area contributed by atoms with Gasteiger partial charge in [-0.2, -0.15) is 4.98 Å². The second-order valence-corrected chi connectivity index (χ2v) is 8.94. The number of carbonyl (C=O) groups is 1. The summed E-state index contributed by atoms with van der Waals surface area (Å²) in [6.07, 6.45) is 4.36. The molecular formula is C31H33N2NaO5. The quantitative estimate of drug-likeness (QED) is 0.182. The van der Waals surface area contributed by atoms with Gasteiger partial charge in [-0.3, -0.25) is 4.57 Å². The molecule has 1 aromatic heterocycles. The minimum absolute atomic E-state index is 0. The number of benzene rings is 3. The molecule has 0 saturated carbocycles. The van der Waals surface area contributed by atoms with Gasteiger partial charge in [0.1, 0.15) is 5.69 Å². The third kappa shape index (κ3) is 7.88. The molecule has 8 heteroatoms. The number of nitrogens with zero attached hydrogens (tertiary/aromatic N) is 2. The number of rotatable bonds is 14. The Morgan fingerprint density at radius 3 is 2.05 bits per heavy atom. The van der Waals surface area contributed by atoms with Gasteiger partial charge in [0, 0.05) is 23.2 Å². The number of methoxy groups -OCH3 is 2. The molecule has 0 unspecified atom stereocenters. The SMILES string of the molecule is COc1ccc(-n2c(OCCCCCCCC(=O)[O-])nc(-c3ccccc3)c2-c2ccccc2)cc1OC.[Na+]. The summed E-state index contributed by atoms with van der Waals surface area (Å²) in [7, 11) is 3.23. The number of imidazole rings is 1. The van der Waals surface area contributed by atoms with E-state index in [1.165, 1.54) is 0 Å². The third-order valence-corrected chi connectivity index (χ3v) is 6.32. The maximum Gasteiger partial charge on any atom is 1.00 e. The Bertz CT molecular complexity index is 1330. The first-order valence-corrected chi connectivity index (χ1v) is 12.9. The van der Waals surface area contributed by atoms with Gasteiger partial charge in [-0.05, 0) is 31.4 Å². The second-order valence-electron chi connectivity index (χ2n) is 8.94. The van der Waals surface area contributed by atoms with Crippen LogP contribution in [0.15, 0.2) is 78.9 Å². The molecule has 1 heterocycles. The van der Waals surface area contributed by atoms with Crippen LogP contribution in [0, 0.1) is 0 Å². The van der Waals surface area contributed by atoms with Crippen molar-refractivity contribution in [3.63, 3.8) is 0 Å². The maximum atomic E-state index is 10.6. The van der Waals surface area contributed by atoms with Gasteiger partial charge in [0.15, 0.2) is 11.5 Å². The van der Waals surface area contributed by atoms with Crippen molar-refractivity contribution >= 4 is 5.97 Å². The van der Waals surface area contributed by atoms with Crippen LogP contribution in [0.5, 0.6) is 17.5 Å². The molecule has 0 aliphatic rings. The molecule has 39 heavy (non-hydrogen) atoms. The third-order valence-electron chi connectivity index (χ3n) is 6.32. The molecule has 0 fully saturated rings. The fraction of sp³-hybridized carbons (Fsp3) is 0.290. The Labute approximate surface area is 252 Å². The predicted molar refractivity (Wildman–Crippen MR) is 146 cm³/mol. The molecule has 0 aliphatic carbocycles. The van der Waals surface area contributed by atoms with E-state index >= 15 is 0 Å². The van der Waals surface area contributed by atoms with Crippen molar-refractivity contribution in [2.45, 2.75) is 38.5 Å². The number of carboxylic acid groups (broad SMARTS) is 1. The van der Waals surface area contributed by atoms with Gasteiger partial charge in [0.2, 0.25) is 0 Å². The Morgan fingerprint density at radius 1 is 0.795 bits per heavy atom. The van der Waals surface area contributed by atoms with Gasteiger partial charge in [-0.25, -0.2) is 0 Å². The average molecular weight is 537 g/mol. The molecule has 3 aromatic carbocycles. The Morgan fingerprint density at radius 2 is 1.41 bits per heavy atom. The monoisotopic (exact) mass is 536 g/mol. The predicted octanol–water partition coefficient (Wildman–Crippen LogP) is 2.70. The zero-order chi connectivity index (χ0) is 26.7. The van der Waals surface area contributed by atoms with Crippen LogP contribution in [-0.4, -0.2) is 36.3 Å². The smallest absolute Gasteiger partial charge is 0.550 e. The van der Waals surface area contributed by atoms with Crippen molar-refractivity contribution in [2.75, 3.05) is 20.8 Å². The van der Waals surface area contributed by atoms with Crippen LogP contribution >= 0.6 is 0 Å². The van der Waals surface area contributed by atoms with Gasteiger partial charge >= 0.3 is 35.6 Å². The molecule has 7 nitrogen and oxygen atoms in total. The van der Waals surface area contributed by atoms with Crippen LogP contribution in [-0.2, 0) is 4.79 Å². The molecular weight excluding hydrogens is 503 g/mol. The summed E-state index contributed by atoms with van der Waals surface area (Å²) in [5.41, 5.74) is 4.58. The van der Waals surface area contributed by atoms with Crippen molar-refractivity contribution in [3.8, 4) is 45.7 Å². The van der Waals surface area contributed by atoms with Crippen molar-refractivity contribution in [1.82, 2.24) is 9.55 Å². The summed E-state index contributed by atoms with van der Waals surface area (Å²) in [6.45, 7) is 0.493. The van der Waals surface area contributed by atoms with Gasteiger partial charge in [-0.1, -0.05) is 79.9 Å². The fourth-order valence-electron chi connectivity index (χ4n) is 4.42. The molecule has 0 N–H and O–H groups in total. The number of carbonyl (C=O) groups excluding carboxylic acids is 1. The first-order chi connectivity index (χ1) is 18.6. The first-order valence-electron chi connectivity index (χ1n) is 12.9. The van der Waals surface area contributed by atoms with E-state index in [0.29, 0.717) is 30.5 Å². The van der Waals surface area contributed by atoms with Gasteiger partial charge in [0.25, 0.3) is 0 Å². The van der Waals surface area contributed by atoms with Crippen molar-refractivity contribution < 1.29 is 53.7 Å². The summed E-state index contributed by atoms with van der Waals surface area (Å²) in [5.74, 6) is 0.266. The van der Waals surface area contributed by atoms with E-state index in [9.17, 15) is 9.90 Å². The summed E-state index contributed by atoms with van der Waals surface area (Å²) < 4.78 is 19.4. The van der Waals surface area contributed by atoms with Gasteiger partial charge < -0.3 is 24.1 Å². The van der Waals surface area contributed by atoms with Crippen molar-refractivity contribution in [2.24, 2.45) is 0 Å². The zero-order valence-corrected chi connectivity index (χ0v) is 24.9. The molecule has 4 aromatic rings. The van der Waals surface area contributed by atoms with E-state index in [1.807, 2.05) is 71.3 Å². The topological polar surface area (TPSA) is 85.6 Å². The van der Waals surface area contributed by atoms with E-state index in [0.717, 1.165) is 53.9 Å². The summed E-state index contributed by atoms with van der Waals surface area (Å²) in [5, 5.41) is 10.6. The minimum Gasteiger partial charge on any atom is -0.550 e. The number of unbranched alkanes of at least 4 members (excludes halogenated alkanes) is 4. The van der Waals surface area contributed by atoms with E-state index < -0.39 is 5.97 Å². The summed E-state index contributed by atoms with van der Waals surface area (Å²) in [4.78, 5) is 15.6. The van der Waals surface area contributed by atoms with Crippen LogP contribution in [0.25, 0.3) is 28.2 Å². The Balaban J connectivity index is 0.00000420. The van der Waals surface area contributed by atoms with Crippen molar-refractivity contribution in [1.29, 1.82) is 0 Å². The van der Waals surface area contributed by atoms with E-state index in [1.54, 1.807) is 14.2 Å². The Kier molecular flexibility index (Phi) is 11.9. The number of ether oxygens (including phenoxy) is 3. The summed E-state index contributed by atoms with van der Waals surface area (Å²) >= 11 is 0. The second kappa shape index (κ2) is 15.4. The number of aromatic nitrogens is 2. The molecule has 4 rings (SSSR count).